The first-order valence-corrected chi connectivity index (χ1v) is 8.89. The van der Waals surface area contributed by atoms with Crippen molar-refractivity contribution in [1.82, 2.24) is 25.4 Å². The van der Waals surface area contributed by atoms with E-state index in [4.69, 9.17) is 23.1 Å². The molecule has 1 aliphatic rings. The Morgan fingerprint density at radius 3 is 2.69 bits per heavy atom. The fourth-order valence-electron chi connectivity index (χ4n) is 3.09. The lowest BCUT2D eigenvalue weighted by atomic mass is 9.92. The summed E-state index contributed by atoms with van der Waals surface area (Å²) in [5.74, 6) is 1.05. The molecule has 10 heteroatoms. The molecule has 0 aliphatic heterocycles. The quantitative estimate of drug-likeness (QED) is 0.438. The first kappa shape index (κ1) is 16.8. The summed E-state index contributed by atoms with van der Waals surface area (Å²) in [7, 11) is 0. The third kappa shape index (κ3) is 3.49. The van der Waals surface area contributed by atoms with Gasteiger partial charge >= 0.3 is 0 Å². The minimum Gasteiger partial charge on any atom is -0.398 e. The molecule has 0 amide bonds. The Kier molecular flexibility index (Phi) is 4.48. The molecule has 0 spiro atoms. The lowest BCUT2D eigenvalue weighted by molar-refractivity contribution is 0.410. The summed E-state index contributed by atoms with van der Waals surface area (Å²) in [5.41, 5.74) is 14.0. The molecular weight excluding hydrogens is 354 g/mol. The van der Waals surface area contributed by atoms with Crippen molar-refractivity contribution in [3.63, 3.8) is 0 Å². The van der Waals surface area contributed by atoms with Gasteiger partial charge < -0.3 is 22.1 Å². The van der Waals surface area contributed by atoms with E-state index in [1.165, 1.54) is 0 Å². The Hall–Kier alpha value is -2.65. The van der Waals surface area contributed by atoms with Gasteiger partial charge in [0.05, 0.1) is 10.7 Å². The monoisotopic (exact) mass is 373 g/mol. The summed E-state index contributed by atoms with van der Waals surface area (Å²) in [6.07, 6.45) is 3.99. The van der Waals surface area contributed by atoms with Crippen LogP contribution in [0.25, 0.3) is 11.2 Å². The minimum atomic E-state index is 0.291. The fraction of sp³-hybridized carbons (Fsp3) is 0.375. The average molecular weight is 374 g/mol. The van der Waals surface area contributed by atoms with E-state index in [0.717, 1.165) is 31.4 Å². The summed E-state index contributed by atoms with van der Waals surface area (Å²) in [6.45, 7) is 0. The molecule has 1 saturated carbocycles. The standard InChI is InChI=1S/C16H20ClN9/c17-11-7-10(5-6-12(11)19)20-14-13-15(25-26-24-13)23-16(22-14)21-9-3-1-8(18)2-4-9/h5-9H,1-4,18-19H2,(H3,20,21,22,23,24,25,26). The second-order valence-corrected chi connectivity index (χ2v) is 6.92. The highest BCUT2D eigenvalue weighted by Crippen LogP contribution is 2.28. The van der Waals surface area contributed by atoms with Gasteiger partial charge in [0.15, 0.2) is 11.3 Å². The van der Waals surface area contributed by atoms with E-state index in [2.05, 4.69) is 36.0 Å². The molecule has 1 aliphatic carbocycles. The molecule has 1 aromatic carbocycles. The molecule has 0 bridgehead atoms. The lowest BCUT2D eigenvalue weighted by Crippen LogP contribution is -2.33. The van der Waals surface area contributed by atoms with Crippen LogP contribution in [0.4, 0.5) is 23.1 Å². The van der Waals surface area contributed by atoms with E-state index >= 15 is 0 Å². The molecule has 4 rings (SSSR count). The number of rotatable bonds is 4. The molecule has 26 heavy (non-hydrogen) atoms. The van der Waals surface area contributed by atoms with E-state index in [1.807, 2.05) is 6.07 Å². The van der Waals surface area contributed by atoms with Crippen LogP contribution in [-0.4, -0.2) is 37.5 Å². The minimum absolute atomic E-state index is 0.291. The number of hydrogen-bond acceptors (Lipinski definition) is 8. The van der Waals surface area contributed by atoms with E-state index in [1.54, 1.807) is 12.1 Å². The van der Waals surface area contributed by atoms with Crippen molar-refractivity contribution in [1.29, 1.82) is 0 Å². The molecule has 2 aromatic heterocycles. The van der Waals surface area contributed by atoms with Gasteiger partial charge in [-0.15, -0.1) is 5.10 Å². The van der Waals surface area contributed by atoms with Gasteiger partial charge in [0.25, 0.3) is 0 Å². The van der Waals surface area contributed by atoms with Crippen molar-refractivity contribution in [2.45, 2.75) is 37.8 Å². The van der Waals surface area contributed by atoms with Gasteiger partial charge in [-0.3, -0.25) is 0 Å². The summed E-state index contributed by atoms with van der Waals surface area (Å²) in [5, 5.41) is 17.9. The predicted molar refractivity (Wildman–Crippen MR) is 102 cm³/mol. The Balaban J connectivity index is 1.61. The first-order chi connectivity index (χ1) is 12.6. The van der Waals surface area contributed by atoms with Crippen molar-refractivity contribution < 1.29 is 0 Å². The van der Waals surface area contributed by atoms with Crippen molar-refractivity contribution in [2.24, 2.45) is 5.73 Å². The molecule has 0 radical (unpaired) electrons. The summed E-state index contributed by atoms with van der Waals surface area (Å²) < 4.78 is 0. The van der Waals surface area contributed by atoms with Gasteiger partial charge in [-0.05, 0) is 43.9 Å². The summed E-state index contributed by atoms with van der Waals surface area (Å²) in [6, 6.07) is 5.89. The molecule has 136 valence electrons. The second kappa shape index (κ2) is 6.93. The van der Waals surface area contributed by atoms with Crippen LogP contribution < -0.4 is 22.1 Å². The number of fused-ring (bicyclic) bond motifs is 1. The number of benzene rings is 1. The summed E-state index contributed by atoms with van der Waals surface area (Å²) in [4.78, 5) is 9.01. The molecule has 9 nitrogen and oxygen atoms in total. The van der Waals surface area contributed by atoms with Crippen LogP contribution in [0.3, 0.4) is 0 Å². The number of nitrogen functional groups attached to an aromatic ring is 1. The zero-order valence-corrected chi connectivity index (χ0v) is 14.8. The maximum atomic E-state index is 6.09. The largest absolute Gasteiger partial charge is 0.398 e. The van der Waals surface area contributed by atoms with Gasteiger partial charge in [0.1, 0.15) is 0 Å². The Morgan fingerprint density at radius 2 is 1.92 bits per heavy atom. The third-order valence-corrected chi connectivity index (χ3v) is 4.88. The molecule has 2 heterocycles. The molecule has 1 fully saturated rings. The topological polar surface area (TPSA) is 143 Å². The average Bonchev–Trinajstić information content (AvgIpc) is 3.09. The highest BCUT2D eigenvalue weighted by atomic mass is 35.5. The van der Waals surface area contributed by atoms with Gasteiger partial charge in [0.2, 0.25) is 11.6 Å². The zero-order chi connectivity index (χ0) is 18.1. The number of H-pyrrole nitrogens is 1. The van der Waals surface area contributed by atoms with Gasteiger partial charge in [-0.25, -0.2) is 0 Å². The van der Waals surface area contributed by atoms with Gasteiger partial charge in [-0.1, -0.05) is 11.6 Å². The number of nitrogens with one attached hydrogen (secondary N) is 3. The van der Waals surface area contributed by atoms with E-state index in [0.29, 0.717) is 45.7 Å². The van der Waals surface area contributed by atoms with Crippen LogP contribution in [0.2, 0.25) is 5.02 Å². The van der Waals surface area contributed by atoms with E-state index < -0.39 is 0 Å². The van der Waals surface area contributed by atoms with Crippen molar-refractivity contribution in [2.75, 3.05) is 16.4 Å². The molecule has 0 atom stereocenters. The lowest BCUT2D eigenvalue weighted by Gasteiger charge is -2.26. The van der Waals surface area contributed by atoms with Crippen LogP contribution in [0.1, 0.15) is 25.7 Å². The molecular formula is C16H20ClN9. The maximum absolute atomic E-state index is 6.09. The maximum Gasteiger partial charge on any atom is 0.227 e. The Labute approximate surface area is 154 Å². The van der Waals surface area contributed by atoms with E-state index in [9.17, 15) is 0 Å². The van der Waals surface area contributed by atoms with Crippen molar-refractivity contribution in [3.05, 3.63) is 23.2 Å². The number of hydrogen-bond donors (Lipinski definition) is 5. The summed E-state index contributed by atoms with van der Waals surface area (Å²) >= 11 is 6.09. The van der Waals surface area contributed by atoms with Crippen LogP contribution in [0.5, 0.6) is 0 Å². The highest BCUT2D eigenvalue weighted by molar-refractivity contribution is 6.33. The molecule has 7 N–H and O–H groups in total. The zero-order valence-electron chi connectivity index (χ0n) is 14.0. The third-order valence-electron chi connectivity index (χ3n) is 4.55. The number of halogens is 1. The number of nitrogens with two attached hydrogens (primary N) is 2. The Morgan fingerprint density at radius 1 is 1.12 bits per heavy atom. The van der Waals surface area contributed by atoms with E-state index in [-0.39, 0.29) is 0 Å². The molecule has 3 aromatic rings. The highest BCUT2D eigenvalue weighted by Gasteiger charge is 2.20. The fourth-order valence-corrected chi connectivity index (χ4v) is 3.27. The van der Waals surface area contributed by atoms with Crippen molar-refractivity contribution in [3.8, 4) is 0 Å². The molecule has 0 saturated heterocycles. The van der Waals surface area contributed by atoms with Crippen molar-refractivity contribution >= 4 is 45.9 Å². The first-order valence-electron chi connectivity index (χ1n) is 8.51. The van der Waals surface area contributed by atoms with Crippen LogP contribution in [0, 0.1) is 0 Å². The van der Waals surface area contributed by atoms with Crippen LogP contribution >= 0.6 is 11.6 Å². The number of aromatic nitrogens is 5. The predicted octanol–water partition coefficient (Wildman–Crippen LogP) is 2.41. The normalized spacial score (nSPS) is 20.2. The number of anilines is 4. The Bertz CT molecular complexity index is 917. The smallest absolute Gasteiger partial charge is 0.227 e. The SMILES string of the molecule is Nc1ccc(Nc2nc(NC3CCC(N)CC3)nc3n[nH]nc23)cc1Cl. The molecule has 0 unspecified atom stereocenters. The number of aromatic amines is 1. The van der Waals surface area contributed by atoms with Gasteiger partial charge in [0, 0.05) is 17.8 Å². The number of nitrogens with zero attached hydrogens (tertiary/aromatic N) is 4. The second-order valence-electron chi connectivity index (χ2n) is 6.51. The van der Waals surface area contributed by atoms with Crippen LogP contribution in [0.15, 0.2) is 18.2 Å². The van der Waals surface area contributed by atoms with Crippen LogP contribution in [-0.2, 0) is 0 Å². The van der Waals surface area contributed by atoms with Gasteiger partial charge in [-0.2, -0.15) is 20.3 Å².